The van der Waals surface area contributed by atoms with Crippen LogP contribution in [0.2, 0.25) is 0 Å². The molecule has 0 fully saturated rings. The van der Waals surface area contributed by atoms with Crippen LogP contribution in [-0.2, 0) is 23.6 Å². The zero-order chi connectivity index (χ0) is 17.6. The number of aliphatic hydroxyl groups excluding tert-OH is 1. The van der Waals surface area contributed by atoms with E-state index >= 15 is 0 Å². The fourth-order valence-corrected chi connectivity index (χ4v) is 2.73. The van der Waals surface area contributed by atoms with Gasteiger partial charge in [0.05, 0.1) is 23.2 Å². The van der Waals surface area contributed by atoms with Crippen LogP contribution in [0.4, 0.5) is 13.2 Å². The fraction of sp³-hybridized carbons (Fsp3) is 0.273. The van der Waals surface area contributed by atoms with Gasteiger partial charge in [0, 0.05) is 0 Å². The molecule has 0 aliphatic rings. The van der Waals surface area contributed by atoms with Crippen LogP contribution in [0.5, 0.6) is 0 Å². The maximum Gasteiger partial charge on any atom is 0.416 e. The predicted molar refractivity (Wildman–Crippen MR) is 71.8 cm³/mol. The number of hydrogen-bond acceptors (Lipinski definition) is 4. The summed E-state index contributed by atoms with van der Waals surface area (Å²) in [6.07, 6.45) is -6.00. The molecule has 2 rings (SSSR count). The highest BCUT2D eigenvalue weighted by Gasteiger charge is 2.34. The summed E-state index contributed by atoms with van der Waals surface area (Å²) in [7, 11) is -4.78. The van der Waals surface area contributed by atoms with Crippen molar-refractivity contribution < 1.29 is 32.6 Å². The molecule has 0 aliphatic carbocycles. The second-order valence-electron chi connectivity index (χ2n) is 4.68. The van der Waals surface area contributed by atoms with Crippen molar-refractivity contribution in [2.75, 3.05) is 0 Å². The second-order valence-corrected chi connectivity index (χ2v) is 6.29. The first kappa shape index (κ1) is 17.4. The molecule has 23 heavy (non-hydrogen) atoms. The lowest BCUT2D eigenvalue weighted by molar-refractivity contribution is -0.138. The lowest BCUT2D eigenvalue weighted by Gasteiger charge is -2.15. The van der Waals surface area contributed by atoms with E-state index in [4.69, 9.17) is 14.9 Å². The number of hydrogen-bond donors (Lipinski definition) is 4. The van der Waals surface area contributed by atoms with Crippen LogP contribution in [0.1, 0.15) is 11.1 Å². The van der Waals surface area contributed by atoms with E-state index in [2.05, 4.69) is 0 Å². The Bertz CT molecular complexity index is 926. The quantitative estimate of drug-likeness (QED) is 0.464. The Morgan fingerprint density at radius 1 is 1.22 bits per heavy atom. The topological polar surface area (TPSA) is 133 Å². The first-order chi connectivity index (χ1) is 10.4. The van der Waals surface area contributed by atoms with Gasteiger partial charge >= 0.3 is 24.9 Å². The number of nitrogens with zero attached hydrogens (tertiary/aromatic N) is 1. The smallest absolute Gasteiger partial charge is 0.392 e. The van der Waals surface area contributed by atoms with Crippen molar-refractivity contribution in [3.8, 4) is 0 Å². The summed E-state index contributed by atoms with van der Waals surface area (Å²) < 4.78 is 50.2. The lowest BCUT2D eigenvalue weighted by Crippen LogP contribution is -2.36. The van der Waals surface area contributed by atoms with Crippen LogP contribution in [-0.4, -0.2) is 24.4 Å². The molecule has 4 N–H and O–H groups in total. The number of alkyl halides is 3. The van der Waals surface area contributed by atoms with Crippen molar-refractivity contribution in [3.63, 3.8) is 0 Å². The molecule has 1 aromatic heterocycles. The number of H-pyrrole nitrogens is 1. The third-order valence-electron chi connectivity index (χ3n) is 3.00. The van der Waals surface area contributed by atoms with Crippen molar-refractivity contribution in [1.82, 2.24) is 9.55 Å². The zero-order valence-electron chi connectivity index (χ0n) is 11.2. The molecule has 0 spiro atoms. The molecular weight excluding hydrogens is 344 g/mol. The van der Waals surface area contributed by atoms with E-state index in [1.807, 2.05) is 4.98 Å². The average Bonchev–Trinajstić information content (AvgIpc) is 2.40. The van der Waals surface area contributed by atoms with Crippen molar-refractivity contribution in [1.29, 1.82) is 0 Å². The molecular formula is C11H10F3N2O6P. The van der Waals surface area contributed by atoms with Gasteiger partial charge in [0.1, 0.15) is 6.29 Å². The molecule has 0 saturated heterocycles. The summed E-state index contributed by atoms with van der Waals surface area (Å²) >= 11 is 0. The SMILES string of the molecule is O=c1[nH]c2cc(C(F)(F)F)c(CO)cc2n(CP(=O)(O)O)c1=O. The summed E-state index contributed by atoms with van der Waals surface area (Å²) in [5.41, 5.74) is -5.26. The Balaban J connectivity index is 2.92. The van der Waals surface area contributed by atoms with Gasteiger partial charge in [-0.05, 0) is 17.7 Å². The largest absolute Gasteiger partial charge is 0.416 e. The molecule has 8 nitrogen and oxygen atoms in total. The lowest BCUT2D eigenvalue weighted by atomic mass is 10.1. The van der Waals surface area contributed by atoms with Gasteiger partial charge in [0.2, 0.25) is 0 Å². The highest BCUT2D eigenvalue weighted by atomic mass is 31.2. The minimum Gasteiger partial charge on any atom is -0.392 e. The molecule has 1 heterocycles. The van der Waals surface area contributed by atoms with Gasteiger partial charge in [0.25, 0.3) is 0 Å². The van der Waals surface area contributed by atoms with Crippen LogP contribution in [0.15, 0.2) is 21.7 Å². The summed E-state index contributed by atoms with van der Waals surface area (Å²) in [4.78, 5) is 43.1. The Morgan fingerprint density at radius 2 is 1.83 bits per heavy atom. The normalized spacial score (nSPS) is 12.8. The Hall–Kier alpha value is -1.94. The van der Waals surface area contributed by atoms with Gasteiger partial charge in [-0.1, -0.05) is 0 Å². The first-order valence-corrected chi connectivity index (χ1v) is 7.76. The number of aliphatic hydroxyl groups is 1. The minimum atomic E-state index is -4.83. The predicted octanol–water partition coefficient (Wildman–Crippen LogP) is 0.336. The molecule has 12 heteroatoms. The third-order valence-corrected chi connectivity index (χ3v) is 3.65. The van der Waals surface area contributed by atoms with E-state index < -0.39 is 54.4 Å². The van der Waals surface area contributed by atoms with Crippen LogP contribution in [0.25, 0.3) is 11.0 Å². The molecule has 0 aliphatic heterocycles. The number of benzene rings is 1. The van der Waals surface area contributed by atoms with Gasteiger partial charge in [-0.2, -0.15) is 13.2 Å². The van der Waals surface area contributed by atoms with Crippen LogP contribution >= 0.6 is 7.60 Å². The summed E-state index contributed by atoms with van der Waals surface area (Å²) in [6.45, 7) is -1.02. The van der Waals surface area contributed by atoms with Crippen molar-refractivity contribution in [2.24, 2.45) is 0 Å². The molecule has 0 bridgehead atoms. The monoisotopic (exact) mass is 354 g/mol. The molecule has 126 valence electrons. The second kappa shape index (κ2) is 5.60. The van der Waals surface area contributed by atoms with E-state index in [1.165, 1.54) is 0 Å². The summed E-state index contributed by atoms with van der Waals surface area (Å²) in [5, 5.41) is 9.08. The van der Waals surface area contributed by atoms with Crippen molar-refractivity contribution >= 4 is 18.6 Å². The van der Waals surface area contributed by atoms with E-state index in [-0.39, 0.29) is 5.52 Å². The molecule has 0 unspecified atom stereocenters. The van der Waals surface area contributed by atoms with E-state index in [0.29, 0.717) is 10.6 Å². The van der Waals surface area contributed by atoms with Crippen LogP contribution in [0.3, 0.4) is 0 Å². The first-order valence-electron chi connectivity index (χ1n) is 5.96. The maximum absolute atomic E-state index is 12.9. The maximum atomic E-state index is 12.9. The Kier molecular flexibility index (Phi) is 4.24. The Labute approximate surface area is 125 Å². The fourth-order valence-electron chi connectivity index (χ4n) is 2.08. The number of aromatic amines is 1. The molecule has 0 saturated carbocycles. The van der Waals surface area contributed by atoms with Crippen LogP contribution < -0.4 is 11.1 Å². The number of rotatable bonds is 3. The van der Waals surface area contributed by atoms with Crippen molar-refractivity contribution in [2.45, 2.75) is 19.1 Å². The summed E-state index contributed by atoms with van der Waals surface area (Å²) in [6, 6.07) is 1.25. The molecule has 0 amide bonds. The Morgan fingerprint density at radius 3 is 2.30 bits per heavy atom. The van der Waals surface area contributed by atoms with Crippen LogP contribution in [0, 0.1) is 0 Å². The average molecular weight is 354 g/mol. The van der Waals surface area contributed by atoms with E-state index in [9.17, 15) is 27.3 Å². The standard InChI is InChI=1S/C11H10F3N2O6P/c12-11(13,14)6-2-7-8(1-5(6)3-17)16(4-23(20,21)22)10(19)9(18)15-7/h1-2,17H,3-4H2,(H,15,18)(H2,20,21,22). The van der Waals surface area contributed by atoms with E-state index in [0.717, 1.165) is 6.07 Å². The number of nitrogens with one attached hydrogen (secondary N) is 1. The van der Waals surface area contributed by atoms with Gasteiger partial charge in [-0.25, -0.2) is 0 Å². The molecule has 1 aromatic carbocycles. The van der Waals surface area contributed by atoms with Crippen molar-refractivity contribution in [3.05, 3.63) is 44.0 Å². The van der Waals surface area contributed by atoms with Gasteiger partial charge < -0.3 is 19.9 Å². The highest BCUT2D eigenvalue weighted by Crippen LogP contribution is 2.38. The number of fused-ring (bicyclic) bond motifs is 1. The zero-order valence-corrected chi connectivity index (χ0v) is 12.1. The highest BCUT2D eigenvalue weighted by molar-refractivity contribution is 7.50. The van der Waals surface area contributed by atoms with Gasteiger partial charge in [0.15, 0.2) is 0 Å². The third kappa shape index (κ3) is 3.53. The molecule has 2 aromatic rings. The van der Waals surface area contributed by atoms with Gasteiger partial charge in [-0.3, -0.25) is 18.7 Å². The van der Waals surface area contributed by atoms with E-state index in [1.54, 1.807) is 0 Å². The minimum absolute atomic E-state index is 0.338. The molecule has 0 atom stereocenters. The number of halogens is 3. The molecule has 0 radical (unpaired) electrons. The summed E-state index contributed by atoms with van der Waals surface area (Å²) in [5.74, 6) is 0. The number of aromatic nitrogens is 2. The van der Waals surface area contributed by atoms with Gasteiger partial charge in [-0.15, -0.1) is 0 Å².